The predicted molar refractivity (Wildman–Crippen MR) is 90.6 cm³/mol. The van der Waals surface area contributed by atoms with Crippen LogP contribution in [0, 0.1) is 13.8 Å². The summed E-state index contributed by atoms with van der Waals surface area (Å²) >= 11 is 9.42. The SMILES string of the molecule is Cc1nn(C)c(C)c1NC(=O)[C@H](C)Oc1ccc(Br)cc1Cl. The van der Waals surface area contributed by atoms with E-state index < -0.39 is 6.10 Å². The number of hydrogen-bond acceptors (Lipinski definition) is 3. The van der Waals surface area contributed by atoms with Crippen LogP contribution in [-0.2, 0) is 11.8 Å². The van der Waals surface area contributed by atoms with Gasteiger partial charge in [0.2, 0.25) is 0 Å². The Bertz CT molecular complexity index is 715. The van der Waals surface area contributed by atoms with Gasteiger partial charge in [-0.25, -0.2) is 0 Å². The number of halogens is 2. The standard InChI is InChI=1S/C15H17BrClN3O2/c1-8-14(9(2)20(4)19-8)18-15(21)10(3)22-13-6-5-11(16)7-12(13)17/h5-7,10H,1-4H3,(H,18,21)/t10-/m0/s1. The number of aromatic nitrogens is 2. The number of hydrogen-bond donors (Lipinski definition) is 1. The molecule has 2 aromatic rings. The molecule has 0 aliphatic rings. The lowest BCUT2D eigenvalue weighted by atomic mass is 10.3. The van der Waals surface area contributed by atoms with Crippen molar-refractivity contribution in [1.82, 2.24) is 9.78 Å². The van der Waals surface area contributed by atoms with E-state index in [0.29, 0.717) is 16.5 Å². The molecule has 1 amide bonds. The molecule has 0 aliphatic carbocycles. The van der Waals surface area contributed by atoms with Gasteiger partial charge in [0.25, 0.3) is 5.91 Å². The van der Waals surface area contributed by atoms with Crippen LogP contribution in [0.2, 0.25) is 5.02 Å². The number of benzene rings is 1. The summed E-state index contributed by atoms with van der Waals surface area (Å²) in [7, 11) is 1.83. The van der Waals surface area contributed by atoms with Crippen LogP contribution >= 0.6 is 27.5 Å². The van der Waals surface area contributed by atoms with Crippen LogP contribution in [0.3, 0.4) is 0 Å². The second kappa shape index (κ2) is 6.71. The molecule has 0 radical (unpaired) electrons. The van der Waals surface area contributed by atoms with Crippen molar-refractivity contribution in [2.24, 2.45) is 7.05 Å². The fraction of sp³-hybridized carbons (Fsp3) is 0.333. The molecule has 0 saturated heterocycles. The Morgan fingerprint density at radius 2 is 2.14 bits per heavy atom. The first kappa shape index (κ1) is 16.8. The van der Waals surface area contributed by atoms with Gasteiger partial charge in [-0.3, -0.25) is 9.48 Å². The largest absolute Gasteiger partial charge is 0.479 e. The van der Waals surface area contributed by atoms with E-state index in [-0.39, 0.29) is 5.91 Å². The summed E-state index contributed by atoms with van der Waals surface area (Å²) in [5, 5.41) is 7.56. The molecule has 5 nitrogen and oxygen atoms in total. The molecule has 0 unspecified atom stereocenters. The van der Waals surface area contributed by atoms with E-state index in [1.807, 2.05) is 20.9 Å². The van der Waals surface area contributed by atoms with Gasteiger partial charge in [-0.2, -0.15) is 5.10 Å². The van der Waals surface area contributed by atoms with Gasteiger partial charge < -0.3 is 10.1 Å². The van der Waals surface area contributed by atoms with E-state index in [0.717, 1.165) is 15.9 Å². The Hall–Kier alpha value is -1.53. The van der Waals surface area contributed by atoms with Crippen LogP contribution in [0.1, 0.15) is 18.3 Å². The van der Waals surface area contributed by atoms with Gasteiger partial charge in [0, 0.05) is 11.5 Å². The third-order valence-corrected chi connectivity index (χ3v) is 4.11. The van der Waals surface area contributed by atoms with E-state index in [2.05, 4.69) is 26.3 Å². The van der Waals surface area contributed by atoms with Crippen molar-refractivity contribution in [3.8, 4) is 5.75 Å². The van der Waals surface area contributed by atoms with E-state index in [1.165, 1.54) is 0 Å². The molecule has 118 valence electrons. The van der Waals surface area contributed by atoms with Crippen LogP contribution in [0.15, 0.2) is 22.7 Å². The third-order valence-electron chi connectivity index (χ3n) is 3.32. The number of amides is 1. The summed E-state index contributed by atoms with van der Waals surface area (Å²) in [4.78, 5) is 12.3. The minimum Gasteiger partial charge on any atom is -0.479 e. The van der Waals surface area contributed by atoms with Gasteiger partial charge in [-0.05, 0) is 39.0 Å². The Balaban J connectivity index is 2.09. The zero-order valence-electron chi connectivity index (χ0n) is 12.8. The van der Waals surface area contributed by atoms with Crippen molar-refractivity contribution < 1.29 is 9.53 Å². The molecule has 0 aliphatic heterocycles. The number of nitrogens with zero attached hydrogens (tertiary/aromatic N) is 2. The Labute approximate surface area is 142 Å². The molecular weight excluding hydrogens is 370 g/mol. The lowest BCUT2D eigenvalue weighted by Crippen LogP contribution is -2.30. The zero-order chi connectivity index (χ0) is 16.4. The Morgan fingerprint density at radius 1 is 1.45 bits per heavy atom. The molecule has 1 N–H and O–H groups in total. The number of nitrogens with one attached hydrogen (secondary N) is 1. The minimum atomic E-state index is -0.683. The maximum atomic E-state index is 12.3. The summed E-state index contributed by atoms with van der Waals surface area (Å²) in [6.45, 7) is 5.42. The fourth-order valence-corrected chi connectivity index (χ4v) is 2.71. The van der Waals surface area contributed by atoms with E-state index >= 15 is 0 Å². The van der Waals surface area contributed by atoms with E-state index in [1.54, 1.807) is 29.8 Å². The summed E-state index contributed by atoms with van der Waals surface area (Å²) in [6, 6.07) is 5.24. The van der Waals surface area contributed by atoms with Gasteiger partial charge in [0.15, 0.2) is 6.10 Å². The molecule has 1 heterocycles. The highest BCUT2D eigenvalue weighted by atomic mass is 79.9. The highest BCUT2D eigenvalue weighted by Crippen LogP contribution is 2.28. The van der Waals surface area contributed by atoms with Crippen molar-refractivity contribution in [2.45, 2.75) is 26.9 Å². The molecule has 22 heavy (non-hydrogen) atoms. The first-order chi connectivity index (χ1) is 10.3. The van der Waals surface area contributed by atoms with Crippen LogP contribution in [-0.4, -0.2) is 21.8 Å². The maximum absolute atomic E-state index is 12.3. The van der Waals surface area contributed by atoms with Crippen LogP contribution in [0.5, 0.6) is 5.75 Å². The number of ether oxygens (including phenoxy) is 1. The molecule has 0 fully saturated rings. The normalized spacial score (nSPS) is 12.1. The highest BCUT2D eigenvalue weighted by molar-refractivity contribution is 9.10. The fourth-order valence-electron chi connectivity index (χ4n) is 1.99. The Morgan fingerprint density at radius 3 is 2.68 bits per heavy atom. The summed E-state index contributed by atoms with van der Waals surface area (Å²) in [5.74, 6) is 0.213. The van der Waals surface area contributed by atoms with Crippen molar-refractivity contribution in [3.05, 3.63) is 39.1 Å². The monoisotopic (exact) mass is 385 g/mol. The summed E-state index contributed by atoms with van der Waals surface area (Å²) in [6.07, 6.45) is -0.683. The van der Waals surface area contributed by atoms with Gasteiger partial charge >= 0.3 is 0 Å². The van der Waals surface area contributed by atoms with Gasteiger partial charge in [0.05, 0.1) is 22.1 Å². The zero-order valence-corrected chi connectivity index (χ0v) is 15.1. The molecule has 2 rings (SSSR count). The molecule has 1 aromatic heterocycles. The first-order valence-corrected chi connectivity index (χ1v) is 7.89. The molecule has 1 aromatic carbocycles. The summed E-state index contributed by atoms with van der Waals surface area (Å²) < 4.78 is 8.20. The number of rotatable bonds is 4. The van der Waals surface area contributed by atoms with Crippen molar-refractivity contribution in [3.63, 3.8) is 0 Å². The average molecular weight is 387 g/mol. The van der Waals surface area contributed by atoms with Gasteiger partial charge in [-0.15, -0.1) is 0 Å². The lowest BCUT2D eigenvalue weighted by molar-refractivity contribution is -0.122. The quantitative estimate of drug-likeness (QED) is 0.868. The molecule has 0 spiro atoms. The molecule has 1 atom stereocenters. The molecule has 7 heteroatoms. The second-order valence-electron chi connectivity index (χ2n) is 4.99. The number of carbonyl (C=O) groups excluding carboxylic acids is 1. The number of aryl methyl sites for hydroxylation is 2. The molecule has 0 saturated carbocycles. The number of anilines is 1. The van der Waals surface area contributed by atoms with Gasteiger partial charge in [-0.1, -0.05) is 27.5 Å². The van der Waals surface area contributed by atoms with Crippen LogP contribution in [0.25, 0.3) is 0 Å². The van der Waals surface area contributed by atoms with E-state index in [9.17, 15) is 4.79 Å². The van der Waals surface area contributed by atoms with Gasteiger partial charge in [0.1, 0.15) is 5.75 Å². The van der Waals surface area contributed by atoms with Crippen LogP contribution in [0.4, 0.5) is 5.69 Å². The molecular formula is C15H17BrClN3O2. The summed E-state index contributed by atoms with van der Waals surface area (Å²) in [5.41, 5.74) is 2.37. The van der Waals surface area contributed by atoms with Crippen LogP contribution < -0.4 is 10.1 Å². The number of carbonyl (C=O) groups is 1. The average Bonchev–Trinajstić information content (AvgIpc) is 2.68. The smallest absolute Gasteiger partial charge is 0.265 e. The predicted octanol–water partition coefficient (Wildman–Crippen LogP) is 3.86. The minimum absolute atomic E-state index is 0.252. The highest BCUT2D eigenvalue weighted by Gasteiger charge is 2.19. The lowest BCUT2D eigenvalue weighted by Gasteiger charge is -2.16. The van der Waals surface area contributed by atoms with E-state index in [4.69, 9.17) is 16.3 Å². The molecule has 0 bridgehead atoms. The first-order valence-electron chi connectivity index (χ1n) is 6.72. The van der Waals surface area contributed by atoms with Crippen molar-refractivity contribution in [1.29, 1.82) is 0 Å². The topological polar surface area (TPSA) is 56.2 Å². The Kier molecular flexibility index (Phi) is 5.13. The maximum Gasteiger partial charge on any atom is 0.265 e. The second-order valence-corrected chi connectivity index (χ2v) is 6.32. The van der Waals surface area contributed by atoms with Crippen molar-refractivity contribution in [2.75, 3.05) is 5.32 Å². The third kappa shape index (κ3) is 3.62. The van der Waals surface area contributed by atoms with Crippen molar-refractivity contribution >= 4 is 39.1 Å².